The maximum absolute atomic E-state index is 12.8. The molecule has 0 aliphatic carbocycles. The Bertz CT molecular complexity index is 955. The summed E-state index contributed by atoms with van der Waals surface area (Å²) in [5.74, 6) is -0.433. The molecule has 3 amide bonds. The van der Waals surface area contributed by atoms with E-state index in [1.165, 1.54) is 23.5 Å². The molecule has 4 rings (SSSR count). The van der Waals surface area contributed by atoms with Gasteiger partial charge in [0.2, 0.25) is 5.91 Å². The van der Waals surface area contributed by atoms with Crippen molar-refractivity contribution >= 4 is 28.4 Å². The lowest BCUT2D eigenvalue weighted by molar-refractivity contribution is -0.137. The highest BCUT2D eigenvalue weighted by atomic mass is 32.1. The fourth-order valence-electron chi connectivity index (χ4n) is 4.14. The number of nitrogens with one attached hydrogen (secondary N) is 1. The Hall–Kier alpha value is -2.62. The topological polar surface area (TPSA) is 65.5 Å². The monoisotopic (exact) mass is 466 g/mol. The van der Waals surface area contributed by atoms with E-state index in [0.717, 1.165) is 61.3 Å². The SMILES string of the molecule is O=C(Nc1ncc(Cc2ccc(C(F)(F)F)cc2)s1)C1CCCN(C(=O)N2CCCC2)C1. The number of thiazole rings is 1. The zero-order chi connectivity index (χ0) is 22.7. The third-order valence-electron chi connectivity index (χ3n) is 5.88. The normalized spacial score (nSPS) is 19.3. The number of halogens is 3. The first kappa shape index (κ1) is 22.6. The van der Waals surface area contributed by atoms with Crippen LogP contribution in [0.15, 0.2) is 30.5 Å². The van der Waals surface area contributed by atoms with Crippen molar-refractivity contribution in [2.45, 2.75) is 38.3 Å². The molecule has 2 aliphatic rings. The number of hydrogen-bond acceptors (Lipinski definition) is 4. The van der Waals surface area contributed by atoms with Gasteiger partial charge in [-0.05, 0) is 43.4 Å². The molecule has 1 unspecified atom stereocenters. The highest BCUT2D eigenvalue weighted by molar-refractivity contribution is 7.15. The molecule has 6 nitrogen and oxygen atoms in total. The van der Waals surface area contributed by atoms with Crippen LogP contribution >= 0.6 is 11.3 Å². The van der Waals surface area contributed by atoms with Crippen molar-refractivity contribution in [2.75, 3.05) is 31.5 Å². The quantitative estimate of drug-likeness (QED) is 0.715. The Morgan fingerprint density at radius 1 is 1.06 bits per heavy atom. The number of alkyl halides is 3. The number of carbonyl (C=O) groups excluding carboxylic acids is 2. The van der Waals surface area contributed by atoms with Crippen LogP contribution in [0.1, 0.15) is 41.7 Å². The molecule has 1 aromatic carbocycles. The number of anilines is 1. The molecule has 0 bridgehead atoms. The second-order valence-corrected chi connectivity index (χ2v) is 9.37. The van der Waals surface area contributed by atoms with Crippen LogP contribution in [-0.4, -0.2) is 52.9 Å². The van der Waals surface area contributed by atoms with E-state index < -0.39 is 11.7 Å². The molecular formula is C22H25F3N4O2S. The number of likely N-dealkylation sites (tertiary alicyclic amines) is 2. The molecule has 1 atom stereocenters. The van der Waals surface area contributed by atoms with Crippen LogP contribution in [0.3, 0.4) is 0 Å². The van der Waals surface area contributed by atoms with Gasteiger partial charge >= 0.3 is 12.2 Å². The molecule has 1 aromatic heterocycles. The summed E-state index contributed by atoms with van der Waals surface area (Å²) in [6, 6.07) is 5.06. The van der Waals surface area contributed by atoms with Crippen molar-refractivity contribution in [3.8, 4) is 0 Å². The highest BCUT2D eigenvalue weighted by Gasteiger charge is 2.32. The van der Waals surface area contributed by atoms with E-state index in [-0.39, 0.29) is 17.9 Å². The third-order valence-corrected chi connectivity index (χ3v) is 6.80. The summed E-state index contributed by atoms with van der Waals surface area (Å²) in [5.41, 5.74) is 0.0612. The summed E-state index contributed by atoms with van der Waals surface area (Å²) in [5, 5.41) is 3.30. The van der Waals surface area contributed by atoms with Crippen LogP contribution in [0.5, 0.6) is 0 Å². The van der Waals surface area contributed by atoms with Crippen LogP contribution < -0.4 is 5.32 Å². The molecule has 0 radical (unpaired) electrons. The van der Waals surface area contributed by atoms with E-state index in [1.807, 2.05) is 4.90 Å². The molecule has 2 saturated heterocycles. The van der Waals surface area contributed by atoms with Gasteiger partial charge in [0.1, 0.15) is 0 Å². The first-order valence-corrected chi connectivity index (χ1v) is 11.6. The lowest BCUT2D eigenvalue weighted by atomic mass is 9.97. The Morgan fingerprint density at radius 2 is 1.75 bits per heavy atom. The fraction of sp³-hybridized carbons (Fsp3) is 0.500. The largest absolute Gasteiger partial charge is 0.416 e. The summed E-state index contributed by atoms with van der Waals surface area (Å²) < 4.78 is 38.1. The molecule has 2 aromatic rings. The molecular weight excluding hydrogens is 441 g/mol. The first-order valence-electron chi connectivity index (χ1n) is 10.7. The number of hydrogen-bond donors (Lipinski definition) is 1. The van der Waals surface area contributed by atoms with Crippen molar-refractivity contribution in [1.82, 2.24) is 14.8 Å². The molecule has 172 valence electrons. The van der Waals surface area contributed by atoms with E-state index >= 15 is 0 Å². The Balaban J connectivity index is 1.31. The molecule has 2 aliphatic heterocycles. The Kier molecular flexibility index (Phi) is 6.68. The second kappa shape index (κ2) is 9.48. The predicted octanol–water partition coefficient (Wildman–Crippen LogP) is 4.62. The van der Waals surface area contributed by atoms with Crippen LogP contribution in [0.4, 0.5) is 23.1 Å². The van der Waals surface area contributed by atoms with Gasteiger partial charge in [-0.25, -0.2) is 9.78 Å². The lowest BCUT2D eigenvalue weighted by Gasteiger charge is -2.34. The maximum atomic E-state index is 12.8. The van der Waals surface area contributed by atoms with Crippen LogP contribution in [0, 0.1) is 5.92 Å². The molecule has 3 heterocycles. The number of carbonyl (C=O) groups is 2. The fourth-order valence-corrected chi connectivity index (χ4v) is 4.99. The molecule has 1 N–H and O–H groups in total. The molecule has 0 saturated carbocycles. The van der Waals surface area contributed by atoms with E-state index in [9.17, 15) is 22.8 Å². The van der Waals surface area contributed by atoms with Gasteiger partial charge in [0.15, 0.2) is 5.13 Å². The Labute approximate surface area is 188 Å². The van der Waals surface area contributed by atoms with Crippen molar-refractivity contribution in [1.29, 1.82) is 0 Å². The minimum Gasteiger partial charge on any atom is -0.325 e. The number of piperidine rings is 1. The molecule has 32 heavy (non-hydrogen) atoms. The van der Waals surface area contributed by atoms with Gasteiger partial charge in [-0.15, -0.1) is 11.3 Å². The van der Waals surface area contributed by atoms with Gasteiger partial charge < -0.3 is 15.1 Å². The van der Waals surface area contributed by atoms with Crippen molar-refractivity contribution in [3.05, 3.63) is 46.5 Å². The van der Waals surface area contributed by atoms with E-state index in [2.05, 4.69) is 10.3 Å². The van der Waals surface area contributed by atoms with E-state index in [1.54, 1.807) is 11.1 Å². The van der Waals surface area contributed by atoms with Gasteiger partial charge in [-0.2, -0.15) is 13.2 Å². The number of benzene rings is 1. The summed E-state index contributed by atoms with van der Waals surface area (Å²) >= 11 is 1.30. The van der Waals surface area contributed by atoms with E-state index in [0.29, 0.717) is 24.6 Å². The van der Waals surface area contributed by atoms with Crippen LogP contribution in [0.25, 0.3) is 0 Å². The number of urea groups is 1. The number of aromatic nitrogens is 1. The van der Waals surface area contributed by atoms with Gasteiger partial charge in [-0.3, -0.25) is 4.79 Å². The third kappa shape index (κ3) is 5.40. The van der Waals surface area contributed by atoms with Gasteiger partial charge in [-0.1, -0.05) is 12.1 Å². The smallest absolute Gasteiger partial charge is 0.325 e. The minimum atomic E-state index is -4.35. The van der Waals surface area contributed by atoms with Crippen LogP contribution in [0.2, 0.25) is 0 Å². The van der Waals surface area contributed by atoms with Crippen molar-refractivity contribution < 1.29 is 22.8 Å². The van der Waals surface area contributed by atoms with E-state index in [4.69, 9.17) is 0 Å². The Morgan fingerprint density at radius 3 is 2.44 bits per heavy atom. The van der Waals surface area contributed by atoms with Crippen LogP contribution in [-0.2, 0) is 17.4 Å². The number of rotatable bonds is 4. The summed E-state index contributed by atoms with van der Waals surface area (Å²) in [6.45, 7) is 2.65. The van der Waals surface area contributed by atoms with Gasteiger partial charge in [0.05, 0.1) is 11.5 Å². The number of amides is 3. The molecule has 0 spiro atoms. The van der Waals surface area contributed by atoms with Crippen molar-refractivity contribution in [3.63, 3.8) is 0 Å². The van der Waals surface area contributed by atoms with Crippen molar-refractivity contribution in [2.24, 2.45) is 5.92 Å². The average molecular weight is 467 g/mol. The molecule has 2 fully saturated rings. The average Bonchev–Trinajstić information content (AvgIpc) is 3.45. The number of nitrogens with zero attached hydrogens (tertiary/aromatic N) is 3. The first-order chi connectivity index (χ1) is 15.3. The van der Waals surface area contributed by atoms with Gasteiger partial charge in [0.25, 0.3) is 0 Å². The standard InChI is InChI=1S/C22H25F3N4O2S/c23-22(24,25)17-7-5-15(6-8-17)12-18-13-26-20(32-18)27-19(30)16-4-3-11-29(14-16)21(31)28-9-1-2-10-28/h5-8,13,16H,1-4,9-12,14H2,(H,26,27,30). The summed E-state index contributed by atoms with van der Waals surface area (Å²) in [6.07, 6.45) is 1.28. The predicted molar refractivity (Wildman–Crippen MR) is 115 cm³/mol. The van der Waals surface area contributed by atoms with Gasteiger partial charge in [0, 0.05) is 43.7 Å². The minimum absolute atomic E-state index is 0.0214. The summed E-state index contributed by atoms with van der Waals surface area (Å²) in [7, 11) is 0. The zero-order valence-electron chi connectivity index (χ0n) is 17.5. The highest BCUT2D eigenvalue weighted by Crippen LogP contribution is 2.30. The molecule has 10 heteroatoms. The second-order valence-electron chi connectivity index (χ2n) is 8.25. The lowest BCUT2D eigenvalue weighted by Crippen LogP contribution is -2.48. The zero-order valence-corrected chi connectivity index (χ0v) is 18.3. The summed E-state index contributed by atoms with van der Waals surface area (Å²) in [4.78, 5) is 34.1. The maximum Gasteiger partial charge on any atom is 0.416 e.